The number of hydrogen-bond acceptors (Lipinski definition) is 4. The Hall–Kier alpha value is -1.32. The molecule has 1 saturated heterocycles. The average Bonchev–Trinajstić information content (AvgIpc) is 2.80. The monoisotopic (exact) mass is 190 g/mol. The highest BCUT2D eigenvalue weighted by Gasteiger charge is 2.28. The molecule has 2 fully saturated rings. The standard InChI is InChI=1S/C10H14N4/c11-8-6-9(14-4-1-5-14)13-10(12-8)7-2-3-7/h6-7H,1-5H2,(H2,11,12,13). The minimum atomic E-state index is 0.582. The highest BCUT2D eigenvalue weighted by atomic mass is 15.2. The Bertz CT molecular complexity index is 355. The summed E-state index contributed by atoms with van der Waals surface area (Å²) in [5.74, 6) is 3.17. The van der Waals surface area contributed by atoms with Gasteiger partial charge in [-0.1, -0.05) is 0 Å². The van der Waals surface area contributed by atoms with Gasteiger partial charge in [-0.25, -0.2) is 9.97 Å². The van der Waals surface area contributed by atoms with Crippen LogP contribution in [0.5, 0.6) is 0 Å². The summed E-state index contributed by atoms with van der Waals surface area (Å²) in [7, 11) is 0. The van der Waals surface area contributed by atoms with Crippen molar-refractivity contribution in [3.8, 4) is 0 Å². The van der Waals surface area contributed by atoms with Crippen LogP contribution in [-0.2, 0) is 0 Å². The Morgan fingerprint density at radius 3 is 2.64 bits per heavy atom. The SMILES string of the molecule is Nc1cc(N2CCC2)nc(C2CC2)n1. The predicted octanol–water partition coefficient (Wildman–Crippen LogP) is 1.15. The van der Waals surface area contributed by atoms with Crippen molar-refractivity contribution in [2.75, 3.05) is 23.7 Å². The third-order valence-corrected chi connectivity index (χ3v) is 2.87. The molecule has 74 valence electrons. The zero-order valence-corrected chi connectivity index (χ0v) is 8.11. The first-order valence-corrected chi connectivity index (χ1v) is 5.22. The number of nitrogens with two attached hydrogens (primary N) is 1. The maximum absolute atomic E-state index is 5.76. The molecule has 0 aromatic carbocycles. The van der Waals surface area contributed by atoms with Crippen LogP contribution in [0.15, 0.2) is 6.07 Å². The summed E-state index contributed by atoms with van der Waals surface area (Å²) in [6.07, 6.45) is 3.72. The maximum Gasteiger partial charge on any atom is 0.136 e. The van der Waals surface area contributed by atoms with E-state index >= 15 is 0 Å². The van der Waals surface area contributed by atoms with Crippen LogP contribution in [0.4, 0.5) is 11.6 Å². The van der Waals surface area contributed by atoms with Crippen LogP contribution in [0.25, 0.3) is 0 Å². The molecule has 1 aliphatic carbocycles. The second-order valence-electron chi connectivity index (χ2n) is 4.12. The summed E-state index contributed by atoms with van der Waals surface area (Å²) in [4.78, 5) is 11.1. The molecule has 2 aliphatic rings. The van der Waals surface area contributed by atoms with E-state index in [-0.39, 0.29) is 0 Å². The lowest BCUT2D eigenvalue weighted by atomic mass is 10.2. The second kappa shape index (κ2) is 2.83. The van der Waals surface area contributed by atoms with E-state index in [1.807, 2.05) is 6.07 Å². The average molecular weight is 190 g/mol. The molecule has 2 heterocycles. The number of nitrogen functional groups attached to an aromatic ring is 1. The molecule has 14 heavy (non-hydrogen) atoms. The zero-order valence-electron chi connectivity index (χ0n) is 8.11. The van der Waals surface area contributed by atoms with E-state index in [2.05, 4.69) is 14.9 Å². The predicted molar refractivity (Wildman–Crippen MR) is 55.2 cm³/mol. The fraction of sp³-hybridized carbons (Fsp3) is 0.600. The third kappa shape index (κ3) is 1.31. The minimum Gasteiger partial charge on any atom is -0.384 e. The Kier molecular flexibility index (Phi) is 1.63. The van der Waals surface area contributed by atoms with E-state index in [4.69, 9.17) is 5.73 Å². The first-order chi connectivity index (χ1) is 6.83. The second-order valence-corrected chi connectivity index (χ2v) is 4.12. The maximum atomic E-state index is 5.76. The van der Waals surface area contributed by atoms with Gasteiger partial charge in [-0.2, -0.15) is 0 Å². The molecule has 0 atom stereocenters. The topological polar surface area (TPSA) is 55.0 Å². The highest BCUT2D eigenvalue weighted by molar-refractivity contribution is 5.49. The Morgan fingerprint density at radius 1 is 1.29 bits per heavy atom. The quantitative estimate of drug-likeness (QED) is 0.760. The number of aromatic nitrogens is 2. The molecule has 4 heteroatoms. The summed E-state index contributed by atoms with van der Waals surface area (Å²) < 4.78 is 0. The molecular weight excluding hydrogens is 176 g/mol. The molecule has 0 unspecified atom stereocenters. The Labute approximate surface area is 83.1 Å². The van der Waals surface area contributed by atoms with Crippen molar-refractivity contribution in [2.24, 2.45) is 0 Å². The first kappa shape index (κ1) is 8.03. The van der Waals surface area contributed by atoms with E-state index in [1.54, 1.807) is 0 Å². The van der Waals surface area contributed by atoms with Gasteiger partial charge in [0.25, 0.3) is 0 Å². The van der Waals surface area contributed by atoms with E-state index in [0.717, 1.165) is 24.7 Å². The third-order valence-electron chi connectivity index (χ3n) is 2.87. The molecule has 4 nitrogen and oxygen atoms in total. The molecule has 3 rings (SSSR count). The Morgan fingerprint density at radius 2 is 2.07 bits per heavy atom. The largest absolute Gasteiger partial charge is 0.384 e. The molecule has 1 aromatic heterocycles. The van der Waals surface area contributed by atoms with Gasteiger partial charge < -0.3 is 10.6 Å². The van der Waals surface area contributed by atoms with Crippen LogP contribution < -0.4 is 10.6 Å². The van der Waals surface area contributed by atoms with Crippen molar-refractivity contribution < 1.29 is 0 Å². The van der Waals surface area contributed by atoms with Crippen molar-refractivity contribution in [3.05, 3.63) is 11.9 Å². The zero-order chi connectivity index (χ0) is 9.54. The van der Waals surface area contributed by atoms with Crippen LogP contribution in [0.3, 0.4) is 0 Å². The number of rotatable bonds is 2. The van der Waals surface area contributed by atoms with E-state index < -0.39 is 0 Å². The molecule has 1 aliphatic heterocycles. The van der Waals surface area contributed by atoms with Crippen LogP contribution >= 0.6 is 0 Å². The summed E-state index contributed by atoms with van der Waals surface area (Å²) >= 11 is 0. The minimum absolute atomic E-state index is 0.582. The van der Waals surface area contributed by atoms with E-state index in [1.165, 1.54) is 19.3 Å². The van der Waals surface area contributed by atoms with Crippen LogP contribution in [0.2, 0.25) is 0 Å². The molecule has 0 bridgehead atoms. The van der Waals surface area contributed by atoms with Gasteiger partial charge in [-0.15, -0.1) is 0 Å². The van der Waals surface area contributed by atoms with Crippen molar-refractivity contribution in [1.29, 1.82) is 0 Å². The van der Waals surface area contributed by atoms with Crippen LogP contribution in [-0.4, -0.2) is 23.1 Å². The summed E-state index contributed by atoms with van der Waals surface area (Å²) in [5.41, 5.74) is 5.76. The lowest BCUT2D eigenvalue weighted by molar-refractivity contribution is 0.607. The number of hydrogen-bond donors (Lipinski definition) is 1. The highest BCUT2D eigenvalue weighted by Crippen LogP contribution is 2.39. The smallest absolute Gasteiger partial charge is 0.136 e. The van der Waals surface area contributed by atoms with Gasteiger partial charge in [0.05, 0.1) is 0 Å². The molecule has 2 N–H and O–H groups in total. The van der Waals surface area contributed by atoms with Crippen molar-refractivity contribution in [1.82, 2.24) is 9.97 Å². The Balaban J connectivity index is 1.93. The molecule has 0 spiro atoms. The van der Waals surface area contributed by atoms with Gasteiger partial charge in [0.1, 0.15) is 17.5 Å². The van der Waals surface area contributed by atoms with Gasteiger partial charge in [0.15, 0.2) is 0 Å². The fourth-order valence-corrected chi connectivity index (χ4v) is 1.70. The van der Waals surface area contributed by atoms with E-state index in [9.17, 15) is 0 Å². The molecular formula is C10H14N4. The van der Waals surface area contributed by atoms with Crippen LogP contribution in [0, 0.1) is 0 Å². The number of nitrogens with zero attached hydrogens (tertiary/aromatic N) is 3. The number of anilines is 2. The fourth-order valence-electron chi connectivity index (χ4n) is 1.70. The molecule has 0 amide bonds. The van der Waals surface area contributed by atoms with E-state index in [0.29, 0.717) is 11.7 Å². The van der Waals surface area contributed by atoms with Crippen molar-refractivity contribution >= 4 is 11.6 Å². The lowest BCUT2D eigenvalue weighted by Gasteiger charge is -2.32. The summed E-state index contributed by atoms with van der Waals surface area (Å²) in [5, 5.41) is 0. The molecule has 1 saturated carbocycles. The van der Waals surface area contributed by atoms with Crippen LogP contribution in [0.1, 0.15) is 31.0 Å². The first-order valence-electron chi connectivity index (χ1n) is 5.22. The van der Waals surface area contributed by atoms with Gasteiger partial charge in [0.2, 0.25) is 0 Å². The van der Waals surface area contributed by atoms with Gasteiger partial charge in [-0.3, -0.25) is 0 Å². The summed E-state index contributed by atoms with van der Waals surface area (Å²) in [6, 6.07) is 1.88. The van der Waals surface area contributed by atoms with Gasteiger partial charge in [0, 0.05) is 25.1 Å². The van der Waals surface area contributed by atoms with Gasteiger partial charge in [-0.05, 0) is 19.3 Å². The van der Waals surface area contributed by atoms with Crippen molar-refractivity contribution in [2.45, 2.75) is 25.2 Å². The molecule has 1 aromatic rings. The lowest BCUT2D eigenvalue weighted by Crippen LogP contribution is -2.37. The normalized spacial score (nSPS) is 20.7. The molecule has 0 radical (unpaired) electrons. The van der Waals surface area contributed by atoms with Gasteiger partial charge >= 0.3 is 0 Å². The van der Waals surface area contributed by atoms with Crippen molar-refractivity contribution in [3.63, 3.8) is 0 Å². The summed E-state index contributed by atoms with van der Waals surface area (Å²) in [6.45, 7) is 2.22.